The Morgan fingerprint density at radius 3 is 2.33 bits per heavy atom. The van der Waals surface area contributed by atoms with Gasteiger partial charge < -0.3 is 14.6 Å². The van der Waals surface area contributed by atoms with Crippen LogP contribution in [0.2, 0.25) is 0 Å². The largest absolute Gasteiger partial charge is 0.492 e. The summed E-state index contributed by atoms with van der Waals surface area (Å²) in [6.45, 7) is 6.74. The van der Waals surface area contributed by atoms with Crippen molar-refractivity contribution in [2.75, 3.05) is 33.3 Å². The first kappa shape index (κ1) is 24.5. The molecular weight excluding hydrogens is 442 g/mol. The van der Waals surface area contributed by atoms with Crippen LogP contribution in [0.25, 0.3) is 10.9 Å². The lowest BCUT2D eigenvalue weighted by molar-refractivity contribution is 0.0775. The topological polar surface area (TPSA) is 99.8 Å². The number of rotatable bonds is 9. The number of carbonyl (C=O) groups is 1. The van der Waals surface area contributed by atoms with Crippen molar-refractivity contribution in [1.29, 1.82) is 0 Å². The van der Waals surface area contributed by atoms with Crippen molar-refractivity contribution in [1.82, 2.24) is 14.2 Å². The zero-order chi connectivity index (χ0) is 24.2. The van der Waals surface area contributed by atoms with Crippen LogP contribution in [0.15, 0.2) is 58.2 Å². The molecule has 0 fully saturated rings. The van der Waals surface area contributed by atoms with E-state index in [1.165, 1.54) is 33.5 Å². The van der Waals surface area contributed by atoms with E-state index in [1.54, 1.807) is 20.9 Å². The summed E-state index contributed by atoms with van der Waals surface area (Å²) in [5, 5.41) is 0.374. The van der Waals surface area contributed by atoms with Crippen LogP contribution in [0.3, 0.4) is 0 Å². The third kappa shape index (κ3) is 5.43. The molecule has 0 aliphatic carbocycles. The van der Waals surface area contributed by atoms with E-state index in [9.17, 15) is 18.0 Å². The Balaban J connectivity index is 1.88. The van der Waals surface area contributed by atoms with Crippen molar-refractivity contribution >= 4 is 26.8 Å². The number of benzene rings is 2. The minimum Gasteiger partial charge on any atom is -0.492 e. The van der Waals surface area contributed by atoms with Crippen molar-refractivity contribution in [3.63, 3.8) is 0 Å². The van der Waals surface area contributed by atoms with Gasteiger partial charge in [-0.05, 0) is 37.3 Å². The average molecular weight is 472 g/mol. The Morgan fingerprint density at radius 2 is 1.70 bits per heavy atom. The molecule has 0 atom stereocenters. The fourth-order valence-electron chi connectivity index (χ4n) is 3.52. The Morgan fingerprint density at radius 1 is 1.03 bits per heavy atom. The number of nitrogens with zero attached hydrogens (tertiary/aromatic N) is 2. The third-order valence-corrected chi connectivity index (χ3v) is 7.50. The number of H-pyrrole nitrogens is 1. The molecule has 0 aliphatic heterocycles. The van der Waals surface area contributed by atoms with Crippen LogP contribution in [-0.4, -0.2) is 61.8 Å². The predicted molar refractivity (Wildman–Crippen MR) is 128 cm³/mol. The first-order valence-electron chi connectivity index (χ1n) is 10.8. The van der Waals surface area contributed by atoms with Crippen LogP contribution in [0.4, 0.5) is 0 Å². The van der Waals surface area contributed by atoms with E-state index in [0.717, 1.165) is 5.56 Å². The smallest absolute Gasteiger partial charge is 0.254 e. The first-order valence-corrected chi connectivity index (χ1v) is 12.2. The third-order valence-electron chi connectivity index (χ3n) is 5.45. The van der Waals surface area contributed by atoms with Crippen molar-refractivity contribution in [2.45, 2.75) is 25.7 Å². The van der Waals surface area contributed by atoms with Crippen LogP contribution in [0.5, 0.6) is 5.75 Å². The summed E-state index contributed by atoms with van der Waals surface area (Å²) in [5.41, 5.74) is 1.23. The van der Waals surface area contributed by atoms with Gasteiger partial charge in [-0.15, -0.1) is 0 Å². The van der Waals surface area contributed by atoms with Crippen molar-refractivity contribution in [3.05, 3.63) is 70.0 Å². The van der Waals surface area contributed by atoms with E-state index >= 15 is 0 Å². The molecule has 8 nitrogen and oxygen atoms in total. The molecule has 2 aromatic carbocycles. The molecule has 1 amide bonds. The summed E-state index contributed by atoms with van der Waals surface area (Å²) in [4.78, 5) is 29.5. The lowest BCUT2D eigenvalue weighted by Gasteiger charge is -2.20. The fourth-order valence-corrected chi connectivity index (χ4v) is 5.01. The molecule has 0 spiro atoms. The Hall–Kier alpha value is -3.17. The molecule has 3 rings (SSSR count). The Kier molecular flexibility index (Phi) is 7.55. The normalized spacial score (nSPS) is 11.7. The van der Waals surface area contributed by atoms with Crippen LogP contribution >= 0.6 is 0 Å². The number of fused-ring (bicyclic) bond motifs is 1. The minimum absolute atomic E-state index is 0.0742. The van der Waals surface area contributed by atoms with Crippen LogP contribution in [0.1, 0.15) is 29.8 Å². The monoisotopic (exact) mass is 471 g/mol. The van der Waals surface area contributed by atoms with E-state index < -0.39 is 21.5 Å². The Labute approximate surface area is 193 Å². The number of aromatic amines is 1. The van der Waals surface area contributed by atoms with Gasteiger partial charge in [0.2, 0.25) is 15.6 Å². The number of carbonyl (C=O) groups excluding carboxylic acids is 1. The van der Waals surface area contributed by atoms with Crippen molar-refractivity contribution in [3.8, 4) is 5.75 Å². The lowest BCUT2D eigenvalue weighted by Crippen LogP contribution is -2.32. The van der Waals surface area contributed by atoms with Crippen molar-refractivity contribution in [2.24, 2.45) is 0 Å². The molecule has 9 heteroatoms. The zero-order valence-electron chi connectivity index (χ0n) is 19.3. The van der Waals surface area contributed by atoms with E-state index in [-0.39, 0.29) is 17.1 Å². The van der Waals surface area contributed by atoms with Gasteiger partial charge in [-0.2, -0.15) is 4.31 Å². The molecule has 0 bridgehead atoms. The highest BCUT2D eigenvalue weighted by atomic mass is 32.2. The second kappa shape index (κ2) is 10.2. The molecule has 0 unspecified atom stereocenters. The highest BCUT2D eigenvalue weighted by Crippen LogP contribution is 2.23. The molecule has 3 aromatic rings. The maximum atomic E-state index is 13.2. The van der Waals surface area contributed by atoms with Crippen LogP contribution in [0, 0.1) is 6.92 Å². The number of sulfonamides is 1. The highest BCUT2D eigenvalue weighted by molar-refractivity contribution is 7.89. The molecule has 176 valence electrons. The number of aromatic nitrogens is 1. The van der Waals surface area contributed by atoms with Gasteiger partial charge in [0.15, 0.2) is 0 Å². The number of nitrogens with one attached hydrogen (secondary N) is 1. The summed E-state index contributed by atoms with van der Waals surface area (Å²) in [6.07, 6.45) is 0. The molecule has 0 radical (unpaired) electrons. The molecule has 0 saturated heterocycles. The van der Waals surface area contributed by atoms with E-state index in [0.29, 0.717) is 36.3 Å². The summed E-state index contributed by atoms with van der Waals surface area (Å²) < 4.78 is 33.0. The number of aryl methyl sites for hydroxylation is 1. The molecular formula is C24H29N3O5S. The quantitative estimate of drug-likeness (QED) is 0.517. The van der Waals surface area contributed by atoms with Crippen molar-refractivity contribution < 1.29 is 17.9 Å². The van der Waals surface area contributed by atoms with Gasteiger partial charge in [-0.3, -0.25) is 9.59 Å². The maximum Gasteiger partial charge on any atom is 0.254 e. The lowest BCUT2D eigenvalue weighted by atomic mass is 10.1. The van der Waals surface area contributed by atoms with E-state index in [4.69, 9.17) is 4.74 Å². The van der Waals surface area contributed by atoms with Crippen LogP contribution in [-0.2, 0) is 10.0 Å². The molecule has 1 N–H and O–H groups in total. The molecule has 0 saturated carbocycles. The first-order chi connectivity index (χ1) is 15.7. The number of likely N-dealkylation sites (N-methyl/N-ethyl adjacent to an activating group) is 1. The minimum atomic E-state index is -3.72. The zero-order valence-corrected chi connectivity index (χ0v) is 20.1. The summed E-state index contributed by atoms with van der Waals surface area (Å²) in [6, 6.07) is 13.2. The molecule has 33 heavy (non-hydrogen) atoms. The second-order valence-corrected chi connectivity index (χ2v) is 9.67. The maximum absolute atomic E-state index is 13.2. The SMILES string of the molecule is CCN(CC)S(=O)(=O)c1ccc2[nH]c(=O)cc(C(=O)N(C)CCOc3ccc(C)cc3)c2c1. The average Bonchev–Trinajstić information content (AvgIpc) is 2.79. The number of pyridine rings is 1. The van der Waals surface area contributed by atoms with Gasteiger partial charge in [-0.25, -0.2) is 8.42 Å². The fraction of sp³-hybridized carbons (Fsp3) is 0.333. The summed E-state index contributed by atoms with van der Waals surface area (Å²) >= 11 is 0. The summed E-state index contributed by atoms with van der Waals surface area (Å²) in [7, 11) is -2.10. The van der Waals surface area contributed by atoms with Gasteiger partial charge in [0.1, 0.15) is 12.4 Å². The van der Waals surface area contributed by atoms with Gasteiger partial charge in [0.25, 0.3) is 5.91 Å². The Bertz CT molecular complexity index is 1300. The molecule has 1 aromatic heterocycles. The number of hydrogen-bond acceptors (Lipinski definition) is 5. The van der Waals surface area contributed by atoms with E-state index in [1.807, 2.05) is 31.2 Å². The number of amides is 1. The molecule has 1 heterocycles. The van der Waals surface area contributed by atoms with Gasteiger partial charge in [0.05, 0.1) is 17.0 Å². The number of hydrogen-bond donors (Lipinski definition) is 1. The summed E-state index contributed by atoms with van der Waals surface area (Å²) in [5.74, 6) is 0.310. The standard InChI is InChI=1S/C24H29N3O5S/c1-5-27(6-2)33(30,31)19-11-12-22-20(15-19)21(16-23(28)25-22)24(29)26(4)13-14-32-18-9-7-17(3)8-10-18/h7-12,15-16H,5-6,13-14H2,1-4H3,(H,25,28). The van der Waals surface area contributed by atoms with Gasteiger partial charge in [-0.1, -0.05) is 31.5 Å². The second-order valence-electron chi connectivity index (χ2n) is 7.73. The predicted octanol–water partition coefficient (Wildman–Crippen LogP) is 3.02. The highest BCUT2D eigenvalue weighted by Gasteiger charge is 2.23. The number of ether oxygens (including phenoxy) is 1. The van der Waals surface area contributed by atoms with Gasteiger partial charge in [0, 0.05) is 37.1 Å². The van der Waals surface area contributed by atoms with E-state index in [2.05, 4.69) is 4.98 Å². The van der Waals surface area contributed by atoms with Gasteiger partial charge >= 0.3 is 0 Å². The molecule has 0 aliphatic rings. The van der Waals surface area contributed by atoms with Crippen LogP contribution < -0.4 is 10.3 Å².